The highest BCUT2D eigenvalue weighted by molar-refractivity contribution is 5.28. The Morgan fingerprint density at radius 1 is 1.18 bits per heavy atom. The first-order valence-corrected chi connectivity index (χ1v) is 5.28. The van der Waals surface area contributed by atoms with Crippen molar-refractivity contribution in [3.63, 3.8) is 0 Å². The molecule has 0 aromatic heterocycles. The second-order valence-corrected chi connectivity index (χ2v) is 4.09. The van der Waals surface area contributed by atoms with E-state index >= 15 is 0 Å². The minimum Gasteiger partial charge on any atom is -0.491 e. The van der Waals surface area contributed by atoms with Gasteiger partial charge in [0.05, 0.1) is 0 Å². The molecular formula is C12H15F3O2. The minimum absolute atomic E-state index is 0.317. The normalized spacial score (nSPS) is 13.8. The van der Waals surface area contributed by atoms with Crippen molar-refractivity contribution in [2.24, 2.45) is 0 Å². The number of benzene rings is 1. The number of hydrogen-bond donors (Lipinski definition) is 1. The Morgan fingerprint density at radius 3 is 2.12 bits per heavy atom. The molecule has 0 spiro atoms. The largest absolute Gasteiger partial charge is 0.491 e. The van der Waals surface area contributed by atoms with Gasteiger partial charge in [0.25, 0.3) is 0 Å². The van der Waals surface area contributed by atoms with Gasteiger partial charge in [0.1, 0.15) is 12.4 Å². The fourth-order valence-corrected chi connectivity index (χ4v) is 1.22. The second-order valence-electron chi connectivity index (χ2n) is 4.09. The standard InChI is InChI=1S/C12H15F3O2/c1-8(2)9-3-5-10(6-4-9)17-7-11(16)12(13,14)15/h3-6,8,11,16H,7H2,1-2H3/t11-/m0/s1. The predicted octanol–water partition coefficient (Wildman–Crippen LogP) is 3.11. The summed E-state index contributed by atoms with van der Waals surface area (Å²) >= 11 is 0. The molecule has 0 fully saturated rings. The minimum atomic E-state index is -4.64. The number of aliphatic hydroxyl groups excluding tert-OH is 1. The molecule has 0 saturated carbocycles. The van der Waals surface area contributed by atoms with E-state index in [2.05, 4.69) is 0 Å². The van der Waals surface area contributed by atoms with E-state index in [1.165, 1.54) is 0 Å². The summed E-state index contributed by atoms with van der Waals surface area (Å²) in [5, 5.41) is 8.74. The highest BCUT2D eigenvalue weighted by Crippen LogP contribution is 2.22. The average Bonchev–Trinajstić information content (AvgIpc) is 2.25. The number of rotatable bonds is 4. The lowest BCUT2D eigenvalue weighted by Gasteiger charge is -2.15. The zero-order valence-corrected chi connectivity index (χ0v) is 9.66. The SMILES string of the molecule is CC(C)c1ccc(OC[C@H](O)C(F)(F)F)cc1. The summed E-state index contributed by atoms with van der Waals surface area (Å²) in [6, 6.07) is 6.77. The lowest BCUT2D eigenvalue weighted by atomic mass is 10.0. The molecule has 0 heterocycles. The molecule has 1 rings (SSSR count). The summed E-state index contributed by atoms with van der Waals surface area (Å²) in [5.74, 6) is 0.669. The lowest BCUT2D eigenvalue weighted by molar-refractivity contribution is -0.210. The molecule has 5 heteroatoms. The van der Waals surface area contributed by atoms with Crippen LogP contribution in [0.5, 0.6) is 5.75 Å². The number of alkyl halides is 3. The van der Waals surface area contributed by atoms with E-state index < -0.39 is 18.9 Å². The summed E-state index contributed by atoms with van der Waals surface area (Å²) in [6.07, 6.45) is -7.09. The van der Waals surface area contributed by atoms with Crippen LogP contribution in [0.25, 0.3) is 0 Å². The van der Waals surface area contributed by atoms with Gasteiger partial charge in [0.15, 0.2) is 6.10 Å². The van der Waals surface area contributed by atoms with E-state index in [0.29, 0.717) is 11.7 Å². The van der Waals surface area contributed by atoms with E-state index in [9.17, 15) is 13.2 Å². The third-order valence-corrected chi connectivity index (χ3v) is 2.33. The van der Waals surface area contributed by atoms with Crippen LogP contribution in [0.3, 0.4) is 0 Å². The van der Waals surface area contributed by atoms with E-state index in [-0.39, 0.29) is 0 Å². The van der Waals surface area contributed by atoms with Crippen molar-refractivity contribution in [3.8, 4) is 5.75 Å². The van der Waals surface area contributed by atoms with Crippen LogP contribution in [0, 0.1) is 0 Å². The molecule has 17 heavy (non-hydrogen) atoms. The Labute approximate surface area is 98.0 Å². The fraction of sp³-hybridized carbons (Fsp3) is 0.500. The third-order valence-electron chi connectivity index (χ3n) is 2.33. The maximum Gasteiger partial charge on any atom is 0.417 e. The smallest absolute Gasteiger partial charge is 0.417 e. The van der Waals surface area contributed by atoms with Crippen molar-refractivity contribution in [2.45, 2.75) is 32.0 Å². The molecule has 0 saturated heterocycles. The quantitative estimate of drug-likeness (QED) is 0.887. The molecule has 0 bridgehead atoms. The van der Waals surface area contributed by atoms with Crippen molar-refractivity contribution in [2.75, 3.05) is 6.61 Å². The second kappa shape index (κ2) is 5.40. The van der Waals surface area contributed by atoms with Gasteiger partial charge < -0.3 is 9.84 Å². The third kappa shape index (κ3) is 4.26. The van der Waals surface area contributed by atoms with E-state index in [0.717, 1.165) is 5.56 Å². The van der Waals surface area contributed by atoms with Crippen LogP contribution in [-0.2, 0) is 0 Å². The highest BCUT2D eigenvalue weighted by atomic mass is 19.4. The molecule has 0 aliphatic carbocycles. The molecule has 0 radical (unpaired) electrons. The molecule has 0 aliphatic rings. The number of aliphatic hydroxyl groups is 1. The van der Waals surface area contributed by atoms with Crippen molar-refractivity contribution in [1.29, 1.82) is 0 Å². The van der Waals surface area contributed by atoms with Crippen molar-refractivity contribution >= 4 is 0 Å². The number of hydrogen-bond acceptors (Lipinski definition) is 2. The van der Waals surface area contributed by atoms with Crippen molar-refractivity contribution < 1.29 is 23.0 Å². The van der Waals surface area contributed by atoms with Gasteiger partial charge in [-0.3, -0.25) is 0 Å². The summed E-state index contributed by atoms with van der Waals surface area (Å²) in [5.41, 5.74) is 1.08. The molecule has 0 unspecified atom stereocenters. The van der Waals surface area contributed by atoms with Crippen LogP contribution in [0.4, 0.5) is 13.2 Å². The molecule has 2 nitrogen and oxygen atoms in total. The predicted molar refractivity (Wildman–Crippen MR) is 58.1 cm³/mol. The summed E-state index contributed by atoms with van der Waals surface area (Å²) in [7, 11) is 0. The Hall–Kier alpha value is -1.23. The molecule has 1 aromatic carbocycles. The maximum absolute atomic E-state index is 12.0. The van der Waals surface area contributed by atoms with Gasteiger partial charge in [-0.15, -0.1) is 0 Å². The van der Waals surface area contributed by atoms with Gasteiger partial charge in [-0.25, -0.2) is 0 Å². The lowest BCUT2D eigenvalue weighted by Crippen LogP contribution is -2.34. The van der Waals surface area contributed by atoms with Crippen LogP contribution < -0.4 is 4.74 Å². The van der Waals surface area contributed by atoms with Crippen LogP contribution in [0.2, 0.25) is 0 Å². The summed E-state index contributed by atoms with van der Waals surface area (Å²) in [6.45, 7) is 3.25. The number of ether oxygens (including phenoxy) is 1. The van der Waals surface area contributed by atoms with Gasteiger partial charge in [-0.05, 0) is 23.6 Å². The van der Waals surface area contributed by atoms with Crippen LogP contribution >= 0.6 is 0 Å². The number of halogens is 3. The molecule has 0 amide bonds. The maximum atomic E-state index is 12.0. The van der Waals surface area contributed by atoms with Crippen molar-refractivity contribution in [1.82, 2.24) is 0 Å². The monoisotopic (exact) mass is 248 g/mol. The first-order chi connectivity index (χ1) is 7.80. The highest BCUT2D eigenvalue weighted by Gasteiger charge is 2.38. The Balaban J connectivity index is 2.53. The summed E-state index contributed by atoms with van der Waals surface area (Å²) < 4.78 is 40.8. The van der Waals surface area contributed by atoms with E-state index in [4.69, 9.17) is 9.84 Å². The average molecular weight is 248 g/mol. The first-order valence-electron chi connectivity index (χ1n) is 5.28. The van der Waals surface area contributed by atoms with Gasteiger partial charge in [-0.1, -0.05) is 26.0 Å². The van der Waals surface area contributed by atoms with Crippen LogP contribution in [-0.4, -0.2) is 24.0 Å². The van der Waals surface area contributed by atoms with Crippen molar-refractivity contribution in [3.05, 3.63) is 29.8 Å². The van der Waals surface area contributed by atoms with Gasteiger partial charge >= 0.3 is 6.18 Å². The topological polar surface area (TPSA) is 29.5 Å². The van der Waals surface area contributed by atoms with Gasteiger partial charge in [-0.2, -0.15) is 13.2 Å². The fourth-order valence-electron chi connectivity index (χ4n) is 1.22. The molecule has 1 aromatic rings. The Morgan fingerprint density at radius 2 is 1.71 bits per heavy atom. The van der Waals surface area contributed by atoms with Gasteiger partial charge in [0.2, 0.25) is 0 Å². The molecule has 0 aliphatic heterocycles. The Bertz CT molecular complexity index is 344. The molecular weight excluding hydrogens is 233 g/mol. The van der Waals surface area contributed by atoms with Gasteiger partial charge in [0, 0.05) is 0 Å². The Kier molecular flexibility index (Phi) is 4.40. The molecule has 96 valence electrons. The van der Waals surface area contributed by atoms with Crippen LogP contribution in [0.15, 0.2) is 24.3 Å². The van der Waals surface area contributed by atoms with E-state index in [1.54, 1.807) is 24.3 Å². The zero-order chi connectivity index (χ0) is 13.1. The first kappa shape index (κ1) is 13.8. The zero-order valence-electron chi connectivity index (χ0n) is 9.66. The summed E-state index contributed by atoms with van der Waals surface area (Å²) in [4.78, 5) is 0. The molecule has 1 atom stereocenters. The van der Waals surface area contributed by atoms with Crippen LogP contribution in [0.1, 0.15) is 25.3 Å². The molecule has 1 N–H and O–H groups in total. The van der Waals surface area contributed by atoms with E-state index in [1.807, 2.05) is 13.8 Å².